The van der Waals surface area contributed by atoms with Gasteiger partial charge in [-0.15, -0.1) is 0 Å². The molecule has 0 radical (unpaired) electrons. The van der Waals surface area contributed by atoms with E-state index in [1.807, 2.05) is 26.8 Å². The van der Waals surface area contributed by atoms with Crippen molar-refractivity contribution in [2.24, 2.45) is 11.3 Å². The monoisotopic (exact) mass is 413 g/mol. The summed E-state index contributed by atoms with van der Waals surface area (Å²) in [5, 5.41) is 16.7. The molecule has 2 aromatic rings. The molecular formula is C19H25Cl2N3O3. The lowest BCUT2D eigenvalue weighted by Crippen LogP contribution is -2.51. The predicted octanol–water partition coefficient (Wildman–Crippen LogP) is 3.76. The Balaban J connectivity index is 1.83. The number of halogens is 2. The van der Waals surface area contributed by atoms with Crippen LogP contribution in [-0.4, -0.2) is 45.5 Å². The highest BCUT2D eigenvalue weighted by atomic mass is 35.5. The molecule has 0 aliphatic carbocycles. The van der Waals surface area contributed by atoms with Crippen molar-refractivity contribution >= 4 is 23.2 Å². The van der Waals surface area contributed by atoms with Crippen LogP contribution in [0.2, 0.25) is 10.0 Å². The van der Waals surface area contributed by atoms with Crippen LogP contribution in [0.15, 0.2) is 30.9 Å². The molecule has 1 fully saturated rings. The van der Waals surface area contributed by atoms with Gasteiger partial charge in [0.25, 0.3) is 0 Å². The molecule has 0 saturated carbocycles. The highest BCUT2D eigenvalue weighted by Crippen LogP contribution is 2.37. The molecule has 0 spiro atoms. The Morgan fingerprint density at radius 3 is 2.56 bits per heavy atom. The smallest absolute Gasteiger partial charge is 0.159 e. The Morgan fingerprint density at radius 1 is 1.30 bits per heavy atom. The molecule has 1 aliphatic rings. The van der Waals surface area contributed by atoms with Crippen LogP contribution < -0.4 is 0 Å². The maximum atomic E-state index is 11.3. The molecule has 2 unspecified atom stereocenters. The summed E-state index contributed by atoms with van der Waals surface area (Å²) in [6.07, 6.45) is 2.50. The molecule has 2 atom stereocenters. The summed E-state index contributed by atoms with van der Waals surface area (Å²) in [4.78, 5) is 4.03. The van der Waals surface area contributed by atoms with Crippen LogP contribution in [0.1, 0.15) is 32.4 Å². The first kappa shape index (κ1) is 20.6. The Kier molecular flexibility index (Phi) is 6.43. The third-order valence-corrected chi connectivity index (χ3v) is 5.59. The number of aliphatic hydroxyl groups excluding tert-OH is 1. The second-order valence-corrected chi connectivity index (χ2v) is 8.56. The maximum absolute atomic E-state index is 11.3. The van der Waals surface area contributed by atoms with Gasteiger partial charge in [0.1, 0.15) is 12.7 Å². The first-order chi connectivity index (χ1) is 12.8. The van der Waals surface area contributed by atoms with Gasteiger partial charge in [-0.25, -0.2) is 9.67 Å². The van der Waals surface area contributed by atoms with Gasteiger partial charge in [-0.3, -0.25) is 0 Å². The zero-order valence-electron chi connectivity index (χ0n) is 15.7. The molecule has 1 N–H and O–H groups in total. The molecule has 0 bridgehead atoms. The van der Waals surface area contributed by atoms with Crippen LogP contribution in [-0.2, 0) is 15.9 Å². The normalized spacial score (nSPS) is 25.5. The number of aliphatic hydroxyl groups is 1. The topological polar surface area (TPSA) is 69.4 Å². The Hall–Kier alpha value is -1.18. The molecule has 1 aromatic carbocycles. The number of ether oxygens (including phenoxy) is 2. The molecular weight excluding hydrogens is 389 g/mol. The number of hydrogen-bond donors (Lipinski definition) is 1. The van der Waals surface area contributed by atoms with Gasteiger partial charge in [-0.1, -0.05) is 50.0 Å². The summed E-state index contributed by atoms with van der Waals surface area (Å²) in [7, 11) is 0. The van der Waals surface area contributed by atoms with Crippen molar-refractivity contribution in [3.8, 4) is 0 Å². The SMILES string of the molecule is CC(C)C1OCC(C)(C(O)C(Cc2ccc(Cl)cc2Cl)n2cncn2)CO1. The highest BCUT2D eigenvalue weighted by molar-refractivity contribution is 6.35. The van der Waals surface area contributed by atoms with E-state index in [1.54, 1.807) is 23.1 Å². The van der Waals surface area contributed by atoms with Gasteiger partial charge >= 0.3 is 0 Å². The Labute approximate surface area is 169 Å². The molecule has 6 nitrogen and oxygen atoms in total. The minimum Gasteiger partial charge on any atom is -0.390 e. The fourth-order valence-electron chi connectivity index (χ4n) is 3.31. The lowest BCUT2D eigenvalue weighted by Gasteiger charge is -2.43. The lowest BCUT2D eigenvalue weighted by molar-refractivity contribution is -0.262. The van der Waals surface area contributed by atoms with Crippen molar-refractivity contribution in [1.29, 1.82) is 0 Å². The average Bonchev–Trinajstić information content (AvgIpc) is 3.15. The van der Waals surface area contributed by atoms with Crippen molar-refractivity contribution < 1.29 is 14.6 Å². The van der Waals surface area contributed by atoms with Gasteiger partial charge < -0.3 is 14.6 Å². The highest BCUT2D eigenvalue weighted by Gasteiger charge is 2.44. The van der Waals surface area contributed by atoms with E-state index in [0.717, 1.165) is 5.56 Å². The van der Waals surface area contributed by atoms with Crippen molar-refractivity contribution in [3.63, 3.8) is 0 Å². The first-order valence-electron chi connectivity index (χ1n) is 8.99. The third kappa shape index (κ3) is 4.63. The van der Waals surface area contributed by atoms with Gasteiger partial charge in [0.2, 0.25) is 0 Å². The van der Waals surface area contributed by atoms with Gasteiger partial charge in [0.15, 0.2) is 6.29 Å². The van der Waals surface area contributed by atoms with Crippen molar-refractivity contribution in [2.75, 3.05) is 13.2 Å². The number of rotatable bonds is 6. The quantitative estimate of drug-likeness (QED) is 0.780. The number of benzene rings is 1. The fraction of sp³-hybridized carbons (Fsp3) is 0.579. The van der Waals surface area contributed by atoms with Crippen LogP contribution >= 0.6 is 23.2 Å². The molecule has 2 heterocycles. The number of hydrogen-bond acceptors (Lipinski definition) is 5. The number of aromatic nitrogens is 3. The Bertz CT molecular complexity index is 747. The molecule has 1 aromatic heterocycles. The minimum atomic E-state index is -0.779. The van der Waals surface area contributed by atoms with Gasteiger partial charge in [0.05, 0.1) is 25.4 Å². The zero-order chi connectivity index (χ0) is 19.6. The van der Waals surface area contributed by atoms with E-state index in [2.05, 4.69) is 10.1 Å². The first-order valence-corrected chi connectivity index (χ1v) is 9.75. The van der Waals surface area contributed by atoms with E-state index in [9.17, 15) is 5.11 Å². The van der Waals surface area contributed by atoms with Crippen molar-refractivity contribution in [3.05, 3.63) is 46.5 Å². The molecule has 0 amide bonds. The van der Waals surface area contributed by atoms with Crippen LogP contribution in [0, 0.1) is 11.3 Å². The summed E-state index contributed by atoms with van der Waals surface area (Å²) in [5.74, 6) is 0.255. The zero-order valence-corrected chi connectivity index (χ0v) is 17.2. The molecule has 148 valence electrons. The third-order valence-electron chi connectivity index (χ3n) is 5.00. The molecule has 8 heteroatoms. The van der Waals surface area contributed by atoms with E-state index in [-0.39, 0.29) is 18.2 Å². The lowest BCUT2D eigenvalue weighted by atomic mass is 9.79. The van der Waals surface area contributed by atoms with Gasteiger partial charge in [-0.05, 0) is 24.1 Å². The molecule has 1 aliphatic heterocycles. The van der Waals surface area contributed by atoms with E-state index in [0.29, 0.717) is 29.7 Å². The predicted molar refractivity (Wildman–Crippen MR) is 104 cm³/mol. The van der Waals surface area contributed by atoms with Crippen molar-refractivity contribution in [2.45, 2.75) is 45.6 Å². The summed E-state index contributed by atoms with van der Waals surface area (Å²) >= 11 is 12.4. The summed E-state index contributed by atoms with van der Waals surface area (Å²) in [5.41, 5.74) is 0.294. The second kappa shape index (κ2) is 8.45. The molecule has 3 rings (SSSR count). The van der Waals surface area contributed by atoms with E-state index >= 15 is 0 Å². The van der Waals surface area contributed by atoms with Crippen LogP contribution in [0.3, 0.4) is 0 Å². The minimum absolute atomic E-state index is 0.249. The molecule has 1 saturated heterocycles. The standard InChI is InChI=1S/C19H25Cl2N3O3/c1-12(2)18-26-8-19(3,9-27-18)17(25)16(24-11-22-10-23-24)6-13-4-5-14(20)7-15(13)21/h4-5,7,10-12,16-18,25H,6,8-9H2,1-3H3. The summed E-state index contributed by atoms with van der Waals surface area (Å²) in [6, 6.07) is 4.98. The van der Waals surface area contributed by atoms with Gasteiger partial charge in [-0.2, -0.15) is 5.10 Å². The fourth-order valence-corrected chi connectivity index (χ4v) is 3.79. The number of nitrogens with zero attached hydrogens (tertiary/aromatic N) is 3. The van der Waals surface area contributed by atoms with E-state index < -0.39 is 11.5 Å². The van der Waals surface area contributed by atoms with Gasteiger partial charge in [0, 0.05) is 21.4 Å². The summed E-state index contributed by atoms with van der Waals surface area (Å²) < 4.78 is 13.4. The van der Waals surface area contributed by atoms with Crippen LogP contribution in [0.25, 0.3) is 0 Å². The van der Waals surface area contributed by atoms with Crippen LogP contribution in [0.4, 0.5) is 0 Å². The Morgan fingerprint density at radius 2 is 2.00 bits per heavy atom. The molecule has 27 heavy (non-hydrogen) atoms. The maximum Gasteiger partial charge on any atom is 0.159 e. The van der Waals surface area contributed by atoms with E-state index in [4.69, 9.17) is 32.7 Å². The van der Waals surface area contributed by atoms with Crippen molar-refractivity contribution in [1.82, 2.24) is 14.8 Å². The largest absolute Gasteiger partial charge is 0.390 e. The summed E-state index contributed by atoms with van der Waals surface area (Å²) in [6.45, 7) is 6.85. The average molecular weight is 414 g/mol. The second-order valence-electron chi connectivity index (χ2n) is 7.72. The van der Waals surface area contributed by atoms with Crippen LogP contribution in [0.5, 0.6) is 0 Å². The van der Waals surface area contributed by atoms with E-state index in [1.165, 1.54) is 6.33 Å².